The molecule has 0 amide bonds. The zero-order valence-corrected chi connectivity index (χ0v) is 10.3. The highest BCUT2D eigenvalue weighted by atomic mass is 32.2. The summed E-state index contributed by atoms with van der Waals surface area (Å²) in [6, 6.07) is 0.648. The van der Waals surface area contributed by atoms with Gasteiger partial charge in [0.25, 0.3) is 0 Å². The average Bonchev–Trinajstić information content (AvgIpc) is 2.29. The molecule has 0 saturated heterocycles. The Labute approximate surface area is 97.5 Å². The maximum absolute atomic E-state index is 5.39. The van der Waals surface area contributed by atoms with Gasteiger partial charge in [-0.05, 0) is 25.7 Å². The Balaban J connectivity index is 2.03. The standard InChI is InChI=1S/C12H21NOS/c1-3-8-15-9-7-13-11-5-4-6-12(10-11)14-2/h1,11-13H,4-10H2,2H3. The number of methoxy groups -OCH3 is 1. The van der Waals surface area contributed by atoms with Crippen LogP contribution in [-0.2, 0) is 4.74 Å². The number of terminal acetylenes is 1. The van der Waals surface area contributed by atoms with E-state index in [9.17, 15) is 0 Å². The van der Waals surface area contributed by atoms with Crippen molar-refractivity contribution in [1.29, 1.82) is 0 Å². The molecule has 2 atom stereocenters. The van der Waals surface area contributed by atoms with Crippen LogP contribution in [0.2, 0.25) is 0 Å². The molecule has 0 aromatic heterocycles. The number of rotatable bonds is 6. The molecule has 3 heteroatoms. The lowest BCUT2D eigenvalue weighted by Crippen LogP contribution is -2.37. The van der Waals surface area contributed by atoms with Crippen molar-refractivity contribution in [1.82, 2.24) is 5.32 Å². The quantitative estimate of drug-likeness (QED) is 0.553. The van der Waals surface area contributed by atoms with E-state index in [-0.39, 0.29) is 0 Å². The molecule has 0 bridgehead atoms. The molecule has 86 valence electrons. The highest BCUT2D eigenvalue weighted by molar-refractivity contribution is 7.99. The van der Waals surface area contributed by atoms with Crippen molar-refractivity contribution in [3.8, 4) is 12.3 Å². The number of ether oxygens (including phenoxy) is 1. The minimum Gasteiger partial charge on any atom is -0.381 e. The Morgan fingerprint density at radius 2 is 2.40 bits per heavy atom. The highest BCUT2D eigenvalue weighted by Crippen LogP contribution is 2.20. The summed E-state index contributed by atoms with van der Waals surface area (Å²) in [6.45, 7) is 1.06. The van der Waals surface area contributed by atoms with Gasteiger partial charge in [0.2, 0.25) is 0 Å². The Hall–Kier alpha value is -0.170. The van der Waals surface area contributed by atoms with Crippen LogP contribution < -0.4 is 5.32 Å². The van der Waals surface area contributed by atoms with Crippen LogP contribution in [0.15, 0.2) is 0 Å². The predicted octanol–water partition coefficient (Wildman–Crippen LogP) is 1.90. The van der Waals surface area contributed by atoms with Crippen LogP contribution in [0.1, 0.15) is 25.7 Å². The lowest BCUT2D eigenvalue weighted by molar-refractivity contribution is 0.0592. The van der Waals surface area contributed by atoms with Crippen molar-refractivity contribution in [2.24, 2.45) is 0 Å². The number of nitrogens with one attached hydrogen (secondary N) is 1. The van der Waals surface area contributed by atoms with Crippen molar-refractivity contribution >= 4 is 11.8 Å². The third-order valence-corrected chi connectivity index (χ3v) is 3.69. The smallest absolute Gasteiger partial charge is 0.0586 e. The number of hydrogen-bond acceptors (Lipinski definition) is 3. The Bertz CT molecular complexity index is 202. The molecule has 0 aromatic rings. The Morgan fingerprint density at radius 3 is 3.13 bits per heavy atom. The summed E-state index contributed by atoms with van der Waals surface area (Å²) >= 11 is 1.82. The fourth-order valence-electron chi connectivity index (χ4n) is 2.01. The molecule has 1 rings (SSSR count). The molecule has 1 aliphatic rings. The Kier molecular flexibility index (Phi) is 6.91. The van der Waals surface area contributed by atoms with E-state index < -0.39 is 0 Å². The minimum absolute atomic E-state index is 0.467. The van der Waals surface area contributed by atoms with Crippen molar-refractivity contribution in [2.45, 2.75) is 37.8 Å². The Morgan fingerprint density at radius 1 is 1.53 bits per heavy atom. The summed E-state index contributed by atoms with van der Waals surface area (Å²) < 4.78 is 5.39. The summed E-state index contributed by atoms with van der Waals surface area (Å²) in [5.41, 5.74) is 0. The van der Waals surface area contributed by atoms with E-state index in [0.717, 1.165) is 24.5 Å². The molecule has 15 heavy (non-hydrogen) atoms. The van der Waals surface area contributed by atoms with E-state index in [2.05, 4.69) is 11.2 Å². The van der Waals surface area contributed by atoms with Crippen molar-refractivity contribution in [3.05, 3.63) is 0 Å². The van der Waals surface area contributed by atoms with E-state index in [1.165, 1.54) is 19.3 Å². The molecular weight excluding hydrogens is 206 g/mol. The maximum Gasteiger partial charge on any atom is 0.0586 e. The van der Waals surface area contributed by atoms with Gasteiger partial charge in [0.05, 0.1) is 11.9 Å². The van der Waals surface area contributed by atoms with E-state index in [1.807, 2.05) is 18.9 Å². The van der Waals surface area contributed by atoms with Crippen molar-refractivity contribution in [2.75, 3.05) is 25.2 Å². The minimum atomic E-state index is 0.467. The van der Waals surface area contributed by atoms with Crippen LogP contribution in [0.25, 0.3) is 0 Å². The van der Waals surface area contributed by atoms with E-state index in [1.54, 1.807) is 0 Å². The topological polar surface area (TPSA) is 21.3 Å². The zero-order chi connectivity index (χ0) is 10.9. The van der Waals surface area contributed by atoms with Gasteiger partial charge in [-0.3, -0.25) is 0 Å². The normalized spacial score (nSPS) is 26.1. The average molecular weight is 227 g/mol. The van der Waals surface area contributed by atoms with Gasteiger partial charge in [0.1, 0.15) is 0 Å². The fourth-order valence-corrected chi connectivity index (χ4v) is 2.54. The summed E-state index contributed by atoms with van der Waals surface area (Å²) in [7, 11) is 1.82. The monoisotopic (exact) mass is 227 g/mol. The predicted molar refractivity (Wildman–Crippen MR) is 67.2 cm³/mol. The second kappa shape index (κ2) is 8.04. The second-order valence-corrected chi connectivity index (χ2v) is 5.04. The highest BCUT2D eigenvalue weighted by Gasteiger charge is 2.20. The van der Waals surface area contributed by atoms with Crippen LogP contribution in [0.4, 0.5) is 0 Å². The third-order valence-electron chi connectivity index (χ3n) is 2.82. The molecule has 1 aliphatic carbocycles. The summed E-state index contributed by atoms with van der Waals surface area (Å²) in [5, 5.41) is 3.58. The first-order valence-corrected chi connectivity index (χ1v) is 6.79. The summed E-state index contributed by atoms with van der Waals surface area (Å²) in [6.07, 6.45) is 10.6. The van der Waals surface area contributed by atoms with Crippen LogP contribution in [0.3, 0.4) is 0 Å². The van der Waals surface area contributed by atoms with Crippen LogP contribution >= 0.6 is 11.8 Å². The molecule has 2 unspecified atom stereocenters. The van der Waals surface area contributed by atoms with Crippen LogP contribution in [0.5, 0.6) is 0 Å². The molecule has 1 fully saturated rings. The van der Waals surface area contributed by atoms with Crippen LogP contribution in [-0.4, -0.2) is 37.3 Å². The number of hydrogen-bond donors (Lipinski definition) is 1. The van der Waals surface area contributed by atoms with Crippen LogP contribution in [0, 0.1) is 12.3 Å². The second-order valence-electron chi connectivity index (χ2n) is 3.93. The van der Waals surface area contributed by atoms with Gasteiger partial charge in [-0.25, -0.2) is 0 Å². The van der Waals surface area contributed by atoms with E-state index >= 15 is 0 Å². The van der Waals surface area contributed by atoms with Gasteiger partial charge >= 0.3 is 0 Å². The first-order chi connectivity index (χ1) is 7.36. The first-order valence-electron chi connectivity index (χ1n) is 5.64. The van der Waals surface area contributed by atoms with Gasteiger partial charge in [-0.15, -0.1) is 18.2 Å². The van der Waals surface area contributed by atoms with E-state index in [0.29, 0.717) is 12.1 Å². The lowest BCUT2D eigenvalue weighted by atomic mass is 9.93. The zero-order valence-electron chi connectivity index (χ0n) is 9.50. The van der Waals surface area contributed by atoms with Crippen molar-refractivity contribution < 1.29 is 4.74 Å². The molecule has 2 nitrogen and oxygen atoms in total. The lowest BCUT2D eigenvalue weighted by Gasteiger charge is -2.28. The van der Waals surface area contributed by atoms with E-state index in [4.69, 9.17) is 11.2 Å². The van der Waals surface area contributed by atoms with Gasteiger partial charge in [-0.1, -0.05) is 5.92 Å². The SMILES string of the molecule is C#CCSCCNC1CCCC(OC)C1. The molecule has 0 heterocycles. The van der Waals surface area contributed by atoms with Crippen molar-refractivity contribution in [3.63, 3.8) is 0 Å². The molecule has 0 aliphatic heterocycles. The van der Waals surface area contributed by atoms with Gasteiger partial charge in [-0.2, -0.15) is 0 Å². The number of thioether (sulfide) groups is 1. The molecule has 0 aromatic carbocycles. The fraction of sp³-hybridized carbons (Fsp3) is 0.833. The summed E-state index contributed by atoms with van der Waals surface area (Å²) in [5.74, 6) is 4.57. The molecule has 0 radical (unpaired) electrons. The molecule has 1 saturated carbocycles. The molecule has 1 N–H and O–H groups in total. The van der Waals surface area contributed by atoms with Gasteiger partial charge in [0, 0.05) is 25.4 Å². The largest absolute Gasteiger partial charge is 0.381 e. The first kappa shape index (κ1) is 12.9. The third kappa shape index (κ3) is 5.46. The summed E-state index contributed by atoms with van der Waals surface area (Å²) in [4.78, 5) is 0. The maximum atomic E-state index is 5.39. The van der Waals surface area contributed by atoms with Gasteiger partial charge in [0.15, 0.2) is 0 Å². The molecular formula is C12H21NOS. The van der Waals surface area contributed by atoms with Gasteiger partial charge < -0.3 is 10.1 Å². The molecule has 0 spiro atoms.